The maximum atomic E-state index is 12.9. The number of rotatable bonds is 3. The van der Waals surface area contributed by atoms with Gasteiger partial charge in [0.25, 0.3) is 0 Å². The van der Waals surface area contributed by atoms with Crippen LogP contribution in [0.3, 0.4) is 0 Å². The number of aromatic hydroxyl groups is 1. The zero-order chi connectivity index (χ0) is 14.0. The molecule has 2 aromatic rings. The van der Waals surface area contributed by atoms with Crippen molar-refractivity contribution in [2.24, 2.45) is 0 Å². The highest BCUT2D eigenvalue weighted by atomic mass is 19.1. The van der Waals surface area contributed by atoms with E-state index in [4.69, 9.17) is 0 Å². The van der Waals surface area contributed by atoms with Gasteiger partial charge >= 0.3 is 0 Å². The van der Waals surface area contributed by atoms with Crippen molar-refractivity contribution in [3.63, 3.8) is 0 Å². The normalized spacial score (nSPS) is 12.4. The van der Waals surface area contributed by atoms with Gasteiger partial charge in [-0.1, -0.05) is 12.1 Å². The number of hydrogen-bond acceptors (Lipinski definition) is 3. The molecule has 5 heteroatoms. The minimum Gasteiger partial charge on any atom is -0.503 e. The zero-order valence-corrected chi connectivity index (χ0v) is 10.4. The second-order valence-corrected chi connectivity index (χ2v) is 4.15. The van der Waals surface area contributed by atoms with E-state index < -0.39 is 23.1 Å². The molecule has 0 spiro atoms. The van der Waals surface area contributed by atoms with Crippen molar-refractivity contribution in [3.05, 3.63) is 63.8 Å². The summed E-state index contributed by atoms with van der Waals surface area (Å²) in [6, 6.07) is 6.49. The van der Waals surface area contributed by atoms with Gasteiger partial charge in [-0.15, -0.1) is 0 Å². The number of pyridine rings is 1. The molecule has 2 N–H and O–H groups in total. The molecule has 0 bridgehead atoms. The van der Waals surface area contributed by atoms with Crippen molar-refractivity contribution < 1.29 is 14.6 Å². The van der Waals surface area contributed by atoms with Gasteiger partial charge in [0.2, 0.25) is 5.43 Å². The lowest BCUT2D eigenvalue weighted by atomic mass is 10.0. The molecule has 100 valence electrons. The third-order valence-corrected chi connectivity index (χ3v) is 2.98. The Hall–Kier alpha value is -2.14. The van der Waals surface area contributed by atoms with Crippen molar-refractivity contribution in [1.82, 2.24) is 4.57 Å². The SMILES string of the molecule is CCn1ccc(=O)c(O)c1C(O)c1ccc(F)cc1. The van der Waals surface area contributed by atoms with Crippen molar-refractivity contribution in [2.45, 2.75) is 19.6 Å². The van der Waals surface area contributed by atoms with E-state index in [9.17, 15) is 19.4 Å². The fourth-order valence-electron chi connectivity index (χ4n) is 1.94. The standard InChI is InChI=1S/C14H14FNO3/c1-2-16-8-7-11(17)14(19)12(16)13(18)9-3-5-10(15)6-4-9/h3-8,13,18-19H,2H2,1H3. The third kappa shape index (κ3) is 2.51. The average Bonchev–Trinajstić information content (AvgIpc) is 2.42. The maximum absolute atomic E-state index is 12.9. The van der Waals surface area contributed by atoms with Crippen LogP contribution in [0.5, 0.6) is 5.75 Å². The van der Waals surface area contributed by atoms with Gasteiger partial charge in [0.15, 0.2) is 5.75 Å². The van der Waals surface area contributed by atoms with Crippen LogP contribution in [0.15, 0.2) is 41.3 Å². The summed E-state index contributed by atoms with van der Waals surface area (Å²) in [4.78, 5) is 11.5. The van der Waals surface area contributed by atoms with E-state index in [2.05, 4.69) is 0 Å². The van der Waals surface area contributed by atoms with Crippen LogP contribution in [-0.2, 0) is 6.54 Å². The Morgan fingerprint density at radius 2 is 1.89 bits per heavy atom. The Morgan fingerprint density at radius 1 is 1.26 bits per heavy atom. The molecule has 1 aromatic carbocycles. The molecule has 4 nitrogen and oxygen atoms in total. The van der Waals surface area contributed by atoms with E-state index in [-0.39, 0.29) is 5.69 Å². The molecule has 2 rings (SSSR count). The monoisotopic (exact) mass is 263 g/mol. The van der Waals surface area contributed by atoms with E-state index in [0.29, 0.717) is 12.1 Å². The third-order valence-electron chi connectivity index (χ3n) is 2.98. The molecule has 1 aromatic heterocycles. The van der Waals surface area contributed by atoms with E-state index in [1.165, 1.54) is 36.5 Å². The van der Waals surface area contributed by atoms with E-state index in [0.717, 1.165) is 0 Å². The van der Waals surface area contributed by atoms with E-state index in [1.807, 2.05) is 6.92 Å². The average molecular weight is 263 g/mol. The van der Waals surface area contributed by atoms with Crippen molar-refractivity contribution in [1.29, 1.82) is 0 Å². The molecule has 1 heterocycles. The summed E-state index contributed by atoms with van der Waals surface area (Å²) in [6.45, 7) is 2.31. The predicted molar refractivity (Wildman–Crippen MR) is 68.5 cm³/mol. The smallest absolute Gasteiger partial charge is 0.223 e. The number of aromatic nitrogens is 1. The van der Waals surface area contributed by atoms with Gasteiger partial charge in [-0.2, -0.15) is 0 Å². The number of hydrogen-bond donors (Lipinski definition) is 2. The molecule has 1 atom stereocenters. The second-order valence-electron chi connectivity index (χ2n) is 4.15. The predicted octanol–water partition coefficient (Wildman–Crippen LogP) is 1.79. The summed E-state index contributed by atoms with van der Waals surface area (Å²) < 4.78 is 14.4. The summed E-state index contributed by atoms with van der Waals surface area (Å²) >= 11 is 0. The second kappa shape index (κ2) is 5.24. The number of benzene rings is 1. The quantitative estimate of drug-likeness (QED) is 0.887. The van der Waals surface area contributed by atoms with Gasteiger partial charge in [-0.3, -0.25) is 4.79 Å². The minimum atomic E-state index is -1.19. The first-order chi connectivity index (χ1) is 9.04. The maximum Gasteiger partial charge on any atom is 0.223 e. The molecule has 19 heavy (non-hydrogen) atoms. The molecule has 1 unspecified atom stereocenters. The molecule has 0 saturated carbocycles. The topological polar surface area (TPSA) is 62.5 Å². The summed E-state index contributed by atoms with van der Waals surface area (Å²) in [5.74, 6) is -0.901. The van der Waals surface area contributed by atoms with Gasteiger partial charge in [0, 0.05) is 18.8 Å². The molecule has 0 aliphatic heterocycles. The first-order valence-corrected chi connectivity index (χ1v) is 5.90. The Kier molecular flexibility index (Phi) is 3.66. The lowest BCUT2D eigenvalue weighted by Crippen LogP contribution is -2.16. The van der Waals surface area contributed by atoms with Crippen LogP contribution >= 0.6 is 0 Å². The Balaban J connectivity index is 2.54. The molecular formula is C14H14FNO3. The Bertz CT molecular complexity index is 634. The van der Waals surface area contributed by atoms with Gasteiger partial charge in [0.1, 0.15) is 11.9 Å². The van der Waals surface area contributed by atoms with Crippen LogP contribution in [0.4, 0.5) is 4.39 Å². The van der Waals surface area contributed by atoms with Gasteiger partial charge in [0.05, 0.1) is 5.69 Å². The molecule has 0 aliphatic rings. The van der Waals surface area contributed by atoms with Crippen LogP contribution < -0.4 is 5.43 Å². The zero-order valence-electron chi connectivity index (χ0n) is 10.4. The first-order valence-electron chi connectivity index (χ1n) is 5.90. The van der Waals surface area contributed by atoms with Crippen molar-refractivity contribution >= 4 is 0 Å². The van der Waals surface area contributed by atoms with E-state index in [1.54, 1.807) is 4.57 Å². The molecule has 0 saturated heterocycles. The number of halogens is 1. The fraction of sp³-hybridized carbons (Fsp3) is 0.214. The first kappa shape index (κ1) is 13.3. The van der Waals surface area contributed by atoms with Crippen LogP contribution in [-0.4, -0.2) is 14.8 Å². The molecule has 0 amide bonds. The largest absolute Gasteiger partial charge is 0.503 e. The van der Waals surface area contributed by atoms with Crippen LogP contribution in [0.25, 0.3) is 0 Å². The van der Waals surface area contributed by atoms with Crippen LogP contribution in [0.2, 0.25) is 0 Å². The summed E-state index contributed by atoms with van der Waals surface area (Å²) in [6.07, 6.45) is 0.318. The van der Waals surface area contributed by atoms with Crippen LogP contribution in [0.1, 0.15) is 24.3 Å². The summed E-state index contributed by atoms with van der Waals surface area (Å²) in [5, 5.41) is 20.1. The van der Waals surface area contributed by atoms with Crippen molar-refractivity contribution in [3.8, 4) is 5.75 Å². The van der Waals surface area contributed by atoms with Gasteiger partial charge in [-0.25, -0.2) is 4.39 Å². The number of aryl methyl sites for hydroxylation is 1. The van der Waals surface area contributed by atoms with Crippen LogP contribution in [0, 0.1) is 5.82 Å². The highest BCUT2D eigenvalue weighted by Gasteiger charge is 2.19. The Morgan fingerprint density at radius 3 is 2.47 bits per heavy atom. The minimum absolute atomic E-state index is 0.113. The number of nitrogens with zero attached hydrogens (tertiary/aromatic N) is 1. The van der Waals surface area contributed by atoms with Crippen molar-refractivity contribution in [2.75, 3.05) is 0 Å². The Labute approximate surface area is 109 Å². The van der Waals surface area contributed by atoms with Gasteiger partial charge in [-0.05, 0) is 24.6 Å². The summed E-state index contributed by atoms with van der Waals surface area (Å²) in [7, 11) is 0. The molecule has 0 fully saturated rings. The van der Waals surface area contributed by atoms with E-state index >= 15 is 0 Å². The molecule has 0 radical (unpaired) electrons. The highest BCUT2D eigenvalue weighted by Crippen LogP contribution is 2.26. The molecule has 0 aliphatic carbocycles. The lowest BCUT2D eigenvalue weighted by Gasteiger charge is -2.18. The molecular weight excluding hydrogens is 249 g/mol. The number of aliphatic hydroxyl groups is 1. The highest BCUT2D eigenvalue weighted by molar-refractivity contribution is 5.35. The lowest BCUT2D eigenvalue weighted by molar-refractivity contribution is 0.203. The van der Waals surface area contributed by atoms with Gasteiger partial charge < -0.3 is 14.8 Å². The summed E-state index contributed by atoms with van der Waals surface area (Å²) in [5.41, 5.74) is -0.0352. The number of aliphatic hydroxyl groups excluding tert-OH is 1. The fourth-order valence-corrected chi connectivity index (χ4v) is 1.94.